The molecule has 21 heavy (non-hydrogen) atoms. The summed E-state index contributed by atoms with van der Waals surface area (Å²) in [5.41, 5.74) is 1.10. The highest BCUT2D eigenvalue weighted by molar-refractivity contribution is 5.37. The number of nitrogens with one attached hydrogen (secondary N) is 1. The molecule has 2 fully saturated rings. The average Bonchev–Trinajstić information content (AvgIpc) is 2.48. The second kappa shape index (κ2) is 6.28. The summed E-state index contributed by atoms with van der Waals surface area (Å²) in [4.78, 5) is 8.68. The zero-order valence-electron chi connectivity index (χ0n) is 13.0. The summed E-state index contributed by atoms with van der Waals surface area (Å²) in [5.74, 6) is 1.35. The molecule has 2 saturated heterocycles. The lowest BCUT2D eigenvalue weighted by molar-refractivity contribution is -0.135. The molecule has 0 unspecified atom stereocenters. The molecule has 2 aliphatic rings. The van der Waals surface area contributed by atoms with Gasteiger partial charge in [0, 0.05) is 37.6 Å². The summed E-state index contributed by atoms with van der Waals surface area (Å²) in [6.45, 7) is 6.75. The molecule has 1 atom stereocenters. The maximum absolute atomic E-state index is 6.08. The van der Waals surface area contributed by atoms with E-state index in [2.05, 4.69) is 35.2 Å². The van der Waals surface area contributed by atoms with Crippen LogP contribution >= 0.6 is 0 Å². The lowest BCUT2D eigenvalue weighted by atomic mass is 9.84. The van der Waals surface area contributed by atoms with Gasteiger partial charge in [0.15, 0.2) is 0 Å². The third kappa shape index (κ3) is 3.52. The van der Waals surface area contributed by atoms with E-state index >= 15 is 0 Å². The lowest BCUT2D eigenvalue weighted by Crippen LogP contribution is -2.47. The zero-order valence-corrected chi connectivity index (χ0v) is 13.0. The summed E-state index contributed by atoms with van der Waals surface area (Å²) in [7, 11) is 0. The standard InChI is InChI=1S/C16H25N3O2/c1-12(2)14-9-15(18-11-17-14)19-13-3-6-21-16(10-13)4-7-20-8-5-16/h9,11-13H,3-8,10H2,1-2H3,(H,17,18,19)/t13-/m1/s1. The molecule has 0 aromatic carbocycles. The fraction of sp³-hybridized carbons (Fsp3) is 0.750. The Bertz CT molecular complexity index is 467. The SMILES string of the molecule is CC(C)c1cc(N[C@@H]2CCOC3(CCOCC3)C2)ncn1. The highest BCUT2D eigenvalue weighted by Gasteiger charge is 2.39. The first kappa shape index (κ1) is 14.7. The van der Waals surface area contributed by atoms with Gasteiger partial charge in [-0.1, -0.05) is 13.8 Å². The van der Waals surface area contributed by atoms with Crippen LogP contribution in [0, 0.1) is 0 Å². The quantitative estimate of drug-likeness (QED) is 0.928. The van der Waals surface area contributed by atoms with E-state index in [0.717, 1.165) is 57.0 Å². The van der Waals surface area contributed by atoms with Crippen LogP contribution in [0.4, 0.5) is 5.82 Å². The first-order valence-electron chi connectivity index (χ1n) is 7.97. The first-order valence-corrected chi connectivity index (χ1v) is 7.97. The number of rotatable bonds is 3. The monoisotopic (exact) mass is 291 g/mol. The summed E-state index contributed by atoms with van der Waals surface area (Å²) in [5, 5.41) is 3.58. The first-order chi connectivity index (χ1) is 10.2. The van der Waals surface area contributed by atoms with E-state index in [1.807, 2.05) is 0 Å². The van der Waals surface area contributed by atoms with Crippen LogP contribution in [0.5, 0.6) is 0 Å². The largest absolute Gasteiger partial charge is 0.381 e. The van der Waals surface area contributed by atoms with Gasteiger partial charge in [-0.25, -0.2) is 9.97 Å². The highest BCUT2D eigenvalue weighted by Crippen LogP contribution is 2.35. The van der Waals surface area contributed by atoms with Crippen molar-refractivity contribution in [2.24, 2.45) is 0 Å². The van der Waals surface area contributed by atoms with Gasteiger partial charge < -0.3 is 14.8 Å². The number of ether oxygens (including phenoxy) is 2. The van der Waals surface area contributed by atoms with E-state index in [9.17, 15) is 0 Å². The Balaban J connectivity index is 1.65. The molecule has 0 bridgehead atoms. The van der Waals surface area contributed by atoms with Crippen LogP contribution < -0.4 is 5.32 Å². The molecule has 1 aromatic heterocycles. The Morgan fingerprint density at radius 3 is 2.81 bits per heavy atom. The van der Waals surface area contributed by atoms with Crippen molar-refractivity contribution in [3.05, 3.63) is 18.1 Å². The smallest absolute Gasteiger partial charge is 0.129 e. The molecule has 1 aromatic rings. The highest BCUT2D eigenvalue weighted by atomic mass is 16.5. The van der Waals surface area contributed by atoms with E-state index in [1.165, 1.54) is 0 Å². The van der Waals surface area contributed by atoms with Crippen LogP contribution in [-0.4, -0.2) is 41.4 Å². The van der Waals surface area contributed by atoms with Crippen LogP contribution in [0.3, 0.4) is 0 Å². The van der Waals surface area contributed by atoms with E-state index in [1.54, 1.807) is 6.33 Å². The molecule has 3 heterocycles. The molecule has 0 amide bonds. The van der Waals surface area contributed by atoms with Gasteiger partial charge >= 0.3 is 0 Å². The Labute approximate surface area is 126 Å². The van der Waals surface area contributed by atoms with E-state index in [-0.39, 0.29) is 5.60 Å². The van der Waals surface area contributed by atoms with Gasteiger partial charge in [0.25, 0.3) is 0 Å². The lowest BCUT2D eigenvalue weighted by Gasteiger charge is -2.43. The van der Waals surface area contributed by atoms with Gasteiger partial charge in [-0.3, -0.25) is 0 Å². The van der Waals surface area contributed by atoms with Gasteiger partial charge in [0.1, 0.15) is 12.1 Å². The van der Waals surface area contributed by atoms with Crippen molar-refractivity contribution in [2.45, 2.75) is 57.1 Å². The summed E-state index contributed by atoms with van der Waals surface area (Å²) < 4.78 is 11.6. The maximum Gasteiger partial charge on any atom is 0.129 e. The Kier molecular flexibility index (Phi) is 4.40. The third-order valence-corrected chi connectivity index (χ3v) is 4.53. The van der Waals surface area contributed by atoms with Crippen molar-refractivity contribution in [1.82, 2.24) is 9.97 Å². The number of anilines is 1. The van der Waals surface area contributed by atoms with Crippen molar-refractivity contribution in [2.75, 3.05) is 25.1 Å². The molecule has 1 N–H and O–H groups in total. The van der Waals surface area contributed by atoms with Gasteiger partial charge in [0.05, 0.1) is 5.60 Å². The van der Waals surface area contributed by atoms with Gasteiger partial charge in [-0.15, -0.1) is 0 Å². The average molecular weight is 291 g/mol. The second-order valence-electron chi connectivity index (χ2n) is 6.46. The molecule has 1 spiro atoms. The molecule has 0 aliphatic carbocycles. The van der Waals surface area contributed by atoms with E-state index in [4.69, 9.17) is 9.47 Å². The fourth-order valence-electron chi connectivity index (χ4n) is 3.22. The number of hydrogen-bond donors (Lipinski definition) is 1. The van der Waals surface area contributed by atoms with Crippen LogP contribution in [0.25, 0.3) is 0 Å². The Morgan fingerprint density at radius 1 is 1.24 bits per heavy atom. The summed E-state index contributed by atoms with van der Waals surface area (Å²) in [6, 6.07) is 2.49. The minimum absolute atomic E-state index is 0.0159. The number of aromatic nitrogens is 2. The molecule has 3 rings (SSSR count). The summed E-state index contributed by atoms with van der Waals surface area (Å²) >= 11 is 0. The number of hydrogen-bond acceptors (Lipinski definition) is 5. The number of nitrogens with zero attached hydrogens (tertiary/aromatic N) is 2. The molecular formula is C16H25N3O2. The molecule has 116 valence electrons. The Morgan fingerprint density at radius 2 is 2.05 bits per heavy atom. The molecule has 0 saturated carbocycles. The van der Waals surface area contributed by atoms with E-state index < -0.39 is 0 Å². The van der Waals surface area contributed by atoms with Crippen molar-refractivity contribution in [3.63, 3.8) is 0 Å². The van der Waals surface area contributed by atoms with Crippen molar-refractivity contribution in [3.8, 4) is 0 Å². The molecule has 0 radical (unpaired) electrons. The van der Waals surface area contributed by atoms with Crippen LogP contribution in [0.15, 0.2) is 12.4 Å². The predicted molar refractivity (Wildman–Crippen MR) is 81.5 cm³/mol. The van der Waals surface area contributed by atoms with Gasteiger partial charge in [-0.05, 0) is 31.6 Å². The molecule has 5 heteroatoms. The van der Waals surface area contributed by atoms with Crippen LogP contribution in [-0.2, 0) is 9.47 Å². The molecular weight excluding hydrogens is 266 g/mol. The maximum atomic E-state index is 6.08. The molecule has 2 aliphatic heterocycles. The van der Waals surface area contributed by atoms with Crippen LogP contribution in [0.1, 0.15) is 51.1 Å². The Hall–Kier alpha value is -1.20. The fourth-order valence-corrected chi connectivity index (χ4v) is 3.22. The second-order valence-corrected chi connectivity index (χ2v) is 6.46. The molecule has 5 nitrogen and oxygen atoms in total. The van der Waals surface area contributed by atoms with Crippen LogP contribution in [0.2, 0.25) is 0 Å². The normalized spacial score (nSPS) is 25.2. The van der Waals surface area contributed by atoms with Crippen molar-refractivity contribution in [1.29, 1.82) is 0 Å². The minimum atomic E-state index is 0.0159. The third-order valence-electron chi connectivity index (χ3n) is 4.53. The van der Waals surface area contributed by atoms with E-state index in [0.29, 0.717) is 12.0 Å². The predicted octanol–water partition coefficient (Wildman–Crippen LogP) is 2.74. The summed E-state index contributed by atoms with van der Waals surface area (Å²) in [6.07, 6.45) is 5.74. The van der Waals surface area contributed by atoms with Gasteiger partial charge in [0.2, 0.25) is 0 Å². The van der Waals surface area contributed by atoms with Crippen molar-refractivity contribution < 1.29 is 9.47 Å². The van der Waals surface area contributed by atoms with Gasteiger partial charge in [-0.2, -0.15) is 0 Å². The van der Waals surface area contributed by atoms with Crippen molar-refractivity contribution >= 4 is 5.82 Å². The minimum Gasteiger partial charge on any atom is -0.381 e. The topological polar surface area (TPSA) is 56.3 Å². The zero-order chi connectivity index (χ0) is 14.7.